The average Bonchev–Trinajstić information content (AvgIpc) is 3.45. The highest BCUT2D eigenvalue weighted by molar-refractivity contribution is 7.74. The van der Waals surface area contributed by atoms with Gasteiger partial charge in [0, 0.05) is 76.7 Å². The Morgan fingerprint density at radius 1 is 0.886 bits per heavy atom. The summed E-state index contributed by atoms with van der Waals surface area (Å²) in [5, 5.41) is 15.7. The number of nitro groups is 1. The minimum Gasteiger partial charge on any atom is -0.347 e. The van der Waals surface area contributed by atoms with Crippen LogP contribution in [0, 0.1) is 10.1 Å². The van der Waals surface area contributed by atoms with Gasteiger partial charge >= 0.3 is 0 Å². The van der Waals surface area contributed by atoms with E-state index in [0.717, 1.165) is 30.6 Å². The van der Waals surface area contributed by atoms with E-state index < -0.39 is 7.21 Å². The van der Waals surface area contributed by atoms with Gasteiger partial charge < -0.3 is 9.47 Å². The molecule has 8 heteroatoms. The van der Waals surface area contributed by atoms with E-state index in [0.29, 0.717) is 5.69 Å². The molecular formula is C36H40N5O2P. The number of fused-ring (bicyclic) bond motifs is 4. The van der Waals surface area contributed by atoms with Crippen LogP contribution < -0.4 is 10.2 Å². The average molecular weight is 606 g/mol. The van der Waals surface area contributed by atoms with E-state index >= 15 is 0 Å². The monoisotopic (exact) mass is 605 g/mol. The van der Waals surface area contributed by atoms with Crippen molar-refractivity contribution >= 4 is 51.4 Å². The largest absolute Gasteiger partial charge is 0.347 e. The molecule has 0 aliphatic carbocycles. The maximum Gasteiger partial charge on any atom is 0.294 e. The summed E-state index contributed by atoms with van der Waals surface area (Å²) in [4.78, 5) is 14.2. The number of hydrogen-bond donors (Lipinski definition) is 0. The van der Waals surface area contributed by atoms with Crippen molar-refractivity contribution in [3.63, 3.8) is 0 Å². The number of benzene rings is 4. The Morgan fingerprint density at radius 3 is 2.25 bits per heavy atom. The summed E-state index contributed by atoms with van der Waals surface area (Å²) in [5.74, 6) is 2.37. The Hall–Kier alpha value is -4.19. The third kappa shape index (κ3) is 4.58. The van der Waals surface area contributed by atoms with Gasteiger partial charge in [-0.25, -0.2) is 4.74 Å². The predicted octanol–water partition coefficient (Wildman–Crippen LogP) is 9.41. The molecular weight excluding hydrogens is 565 g/mol. The maximum absolute atomic E-state index is 12.3. The number of hydrogen-bond acceptors (Lipinski definition) is 4. The Morgan fingerprint density at radius 2 is 1.55 bits per heavy atom. The molecule has 1 aromatic heterocycles. The van der Waals surface area contributed by atoms with Crippen molar-refractivity contribution in [2.24, 2.45) is 4.74 Å². The molecule has 1 aliphatic heterocycles. The summed E-state index contributed by atoms with van der Waals surface area (Å²) in [5.41, 5.74) is 6.11. The lowest BCUT2D eigenvalue weighted by molar-refractivity contribution is -0.384. The summed E-state index contributed by atoms with van der Waals surface area (Å²) < 4.78 is 10.3. The van der Waals surface area contributed by atoms with Crippen LogP contribution >= 0.6 is 7.21 Å². The van der Waals surface area contributed by atoms with E-state index in [-0.39, 0.29) is 16.0 Å². The van der Waals surface area contributed by atoms with Crippen molar-refractivity contribution in [2.75, 3.05) is 25.0 Å². The minimum absolute atomic E-state index is 0.0217. The summed E-state index contributed by atoms with van der Waals surface area (Å²) in [7, 11) is -0.658. The zero-order valence-electron chi connectivity index (χ0n) is 26.4. The number of aryl methyl sites for hydroxylation is 1. The number of anilines is 1. The number of rotatable bonds is 8. The first-order chi connectivity index (χ1) is 21.2. The molecule has 44 heavy (non-hydrogen) atoms. The van der Waals surface area contributed by atoms with Crippen LogP contribution in [0.25, 0.3) is 21.8 Å². The zero-order chi connectivity index (χ0) is 31.2. The Balaban J connectivity index is 1.76. The van der Waals surface area contributed by atoms with E-state index in [4.69, 9.17) is 4.74 Å². The Labute approximate surface area is 259 Å². The van der Waals surface area contributed by atoms with E-state index in [1.54, 1.807) is 18.2 Å². The number of nitro benzene ring substituents is 1. The summed E-state index contributed by atoms with van der Waals surface area (Å²) in [6.45, 7) is 13.4. The zero-order valence-corrected chi connectivity index (χ0v) is 27.3. The van der Waals surface area contributed by atoms with Gasteiger partial charge in [0.1, 0.15) is 5.69 Å². The quantitative estimate of drug-likeness (QED) is 0.100. The first-order valence-corrected chi connectivity index (χ1v) is 17.1. The lowest BCUT2D eigenvalue weighted by Crippen LogP contribution is -2.28. The molecule has 6 rings (SSSR count). The summed E-state index contributed by atoms with van der Waals surface area (Å²) in [6.07, 6.45) is 0. The predicted molar refractivity (Wildman–Crippen MR) is 186 cm³/mol. The number of para-hydroxylation sites is 3. The van der Waals surface area contributed by atoms with Gasteiger partial charge in [0.2, 0.25) is 0 Å². The smallest absolute Gasteiger partial charge is 0.294 e. The van der Waals surface area contributed by atoms with Crippen LogP contribution in [0.1, 0.15) is 40.2 Å². The Bertz CT molecular complexity index is 1990. The number of nitrogens with zero attached hydrogens (tertiary/aromatic N) is 5. The van der Waals surface area contributed by atoms with Gasteiger partial charge in [-0.1, -0.05) is 76.2 Å². The third-order valence-electron chi connectivity index (χ3n) is 9.19. The molecule has 226 valence electrons. The maximum atomic E-state index is 12.3. The Kier molecular flexibility index (Phi) is 7.73. The highest BCUT2D eigenvalue weighted by Crippen LogP contribution is 2.61. The van der Waals surface area contributed by atoms with Gasteiger partial charge in [0.15, 0.2) is 0 Å². The normalized spacial score (nSPS) is 16.5. The fourth-order valence-corrected chi connectivity index (χ4v) is 10.7. The van der Waals surface area contributed by atoms with Crippen LogP contribution in [-0.4, -0.2) is 34.3 Å². The highest BCUT2D eigenvalue weighted by Gasteiger charge is 2.41. The second kappa shape index (κ2) is 11.4. The molecule has 4 aromatic carbocycles. The SMILES string of the molecule is CCN(CC)[P@](/C=C1/N(C)c2ccccc2C1(C)C)(=Nc1ccccc1[N+](=O)[O-])c1ccc2c(c1)c1ccccc1n2CC. The molecule has 0 spiro atoms. The molecule has 0 radical (unpaired) electrons. The summed E-state index contributed by atoms with van der Waals surface area (Å²) >= 11 is 0. The van der Waals surface area contributed by atoms with Gasteiger partial charge in [0.25, 0.3) is 5.69 Å². The number of likely N-dealkylation sites (N-methyl/N-ethyl adjacent to an activating group) is 1. The molecule has 0 saturated heterocycles. The first kappa shape index (κ1) is 29.9. The van der Waals surface area contributed by atoms with Crippen molar-refractivity contribution in [3.8, 4) is 0 Å². The molecule has 0 bridgehead atoms. The third-order valence-corrected chi connectivity index (χ3v) is 12.8. The lowest BCUT2D eigenvalue weighted by atomic mass is 9.84. The molecule has 2 heterocycles. The van der Waals surface area contributed by atoms with Crippen molar-refractivity contribution in [3.05, 3.63) is 118 Å². The van der Waals surface area contributed by atoms with Crippen molar-refractivity contribution in [2.45, 2.75) is 46.6 Å². The standard InChI is InChI=1S/C36H40N5O2P/c1-7-39(8-2)44(37-30-18-12-15-21-34(30)41(42)43,25-35-36(4,5)29-17-11-14-20-33(29)38(35)6)26-22-23-32-28(24-26)27-16-10-13-19-31(27)40(32)9-3/h10-25H,7-9H2,1-6H3/b35-25+/t44-/m0/s1. The van der Waals surface area contributed by atoms with E-state index in [1.165, 1.54) is 33.1 Å². The molecule has 1 aliphatic rings. The fourth-order valence-electron chi connectivity index (χ4n) is 6.98. The topological polar surface area (TPSA) is 66.9 Å². The minimum atomic E-state index is -2.78. The second-order valence-corrected chi connectivity index (χ2v) is 14.7. The molecule has 0 N–H and O–H groups in total. The van der Waals surface area contributed by atoms with Crippen LogP contribution in [0.15, 0.2) is 107 Å². The molecule has 1 atom stereocenters. The van der Waals surface area contributed by atoms with Gasteiger partial charge in [0.05, 0.1) is 12.1 Å². The second-order valence-electron chi connectivity index (χ2n) is 11.8. The van der Waals surface area contributed by atoms with Gasteiger partial charge in [-0.05, 0) is 54.7 Å². The molecule has 0 amide bonds. The van der Waals surface area contributed by atoms with Crippen molar-refractivity contribution in [1.82, 2.24) is 9.24 Å². The van der Waals surface area contributed by atoms with E-state index in [9.17, 15) is 10.1 Å². The van der Waals surface area contributed by atoms with Crippen LogP contribution in [0.3, 0.4) is 0 Å². The summed E-state index contributed by atoms with van der Waals surface area (Å²) in [6, 6.07) is 30.7. The molecule has 0 unspecified atom stereocenters. The van der Waals surface area contributed by atoms with Crippen molar-refractivity contribution in [1.29, 1.82) is 0 Å². The van der Waals surface area contributed by atoms with Crippen LogP contribution in [0.4, 0.5) is 17.1 Å². The molecule has 0 saturated carbocycles. The van der Waals surface area contributed by atoms with Gasteiger partial charge in [-0.15, -0.1) is 0 Å². The van der Waals surface area contributed by atoms with Crippen molar-refractivity contribution < 1.29 is 4.92 Å². The van der Waals surface area contributed by atoms with Gasteiger partial charge in [-0.3, -0.25) is 14.8 Å². The molecule has 7 nitrogen and oxygen atoms in total. The fraction of sp³-hybridized carbons (Fsp3) is 0.278. The number of allylic oxidation sites excluding steroid dienone is 1. The van der Waals surface area contributed by atoms with E-state index in [1.807, 2.05) is 6.07 Å². The lowest BCUT2D eigenvalue weighted by Gasteiger charge is -2.36. The van der Waals surface area contributed by atoms with Gasteiger partial charge in [-0.2, -0.15) is 0 Å². The molecule has 5 aromatic rings. The van der Waals surface area contributed by atoms with Crippen LogP contribution in [0.5, 0.6) is 0 Å². The van der Waals surface area contributed by atoms with Crippen LogP contribution in [0.2, 0.25) is 0 Å². The van der Waals surface area contributed by atoms with E-state index in [2.05, 4.69) is 128 Å². The first-order valence-electron chi connectivity index (χ1n) is 15.4. The molecule has 0 fully saturated rings. The van der Waals surface area contributed by atoms with Crippen LogP contribution in [-0.2, 0) is 12.0 Å². The number of aromatic nitrogens is 1. The highest BCUT2D eigenvalue weighted by atomic mass is 31.2.